The quantitative estimate of drug-likeness (QED) is 0.912. The molecule has 0 aliphatic carbocycles. The molecule has 0 fully saturated rings. The fraction of sp³-hybridized carbons (Fsp3) is 0.400. The van der Waals surface area contributed by atoms with Crippen LogP contribution in [0.3, 0.4) is 0 Å². The van der Waals surface area contributed by atoms with Gasteiger partial charge in [-0.1, -0.05) is 6.07 Å². The zero-order valence-corrected chi connectivity index (χ0v) is 11.3. The highest BCUT2D eigenvalue weighted by atomic mass is 16.1. The fourth-order valence-corrected chi connectivity index (χ4v) is 2.57. The van der Waals surface area contributed by atoms with Gasteiger partial charge in [-0.05, 0) is 25.0 Å². The van der Waals surface area contributed by atoms with Crippen molar-refractivity contribution in [2.45, 2.75) is 38.3 Å². The lowest BCUT2D eigenvalue weighted by Crippen LogP contribution is -2.41. The Labute approximate surface area is 118 Å². The third kappa shape index (κ3) is 3.04. The van der Waals surface area contributed by atoms with Gasteiger partial charge in [-0.25, -0.2) is 4.98 Å². The average molecular weight is 270 g/mol. The van der Waals surface area contributed by atoms with Crippen LogP contribution in [-0.4, -0.2) is 26.5 Å². The van der Waals surface area contributed by atoms with Crippen LogP contribution in [0.15, 0.2) is 36.8 Å². The Bertz CT molecular complexity index is 579. The molecule has 1 amide bonds. The minimum absolute atomic E-state index is 0.101. The summed E-state index contributed by atoms with van der Waals surface area (Å²) in [4.78, 5) is 20.5. The molecule has 3 heterocycles. The van der Waals surface area contributed by atoms with Gasteiger partial charge in [0, 0.05) is 49.7 Å². The minimum Gasteiger partial charge on any atom is -0.352 e. The molecule has 1 aliphatic heterocycles. The summed E-state index contributed by atoms with van der Waals surface area (Å²) >= 11 is 0. The molecule has 0 unspecified atom stereocenters. The van der Waals surface area contributed by atoms with Crippen molar-refractivity contribution in [3.8, 4) is 0 Å². The van der Waals surface area contributed by atoms with Gasteiger partial charge in [-0.2, -0.15) is 0 Å². The predicted octanol–water partition coefficient (Wildman–Crippen LogP) is 1.34. The van der Waals surface area contributed by atoms with Crippen LogP contribution in [0.25, 0.3) is 0 Å². The molecule has 0 aromatic carbocycles. The molecule has 0 bridgehead atoms. The second-order valence-electron chi connectivity index (χ2n) is 5.12. The number of imidazole rings is 1. The second kappa shape index (κ2) is 5.86. The van der Waals surface area contributed by atoms with Crippen LogP contribution < -0.4 is 5.32 Å². The molecule has 0 spiro atoms. The van der Waals surface area contributed by atoms with E-state index in [9.17, 15) is 4.79 Å². The normalized spacial score (nSPS) is 17.5. The molecule has 2 aromatic heterocycles. The van der Waals surface area contributed by atoms with Crippen molar-refractivity contribution in [3.63, 3.8) is 0 Å². The summed E-state index contributed by atoms with van der Waals surface area (Å²) < 4.78 is 2.12. The molecular weight excluding hydrogens is 252 g/mol. The van der Waals surface area contributed by atoms with Gasteiger partial charge in [0.15, 0.2) is 0 Å². The first kappa shape index (κ1) is 12.8. The third-order valence-electron chi connectivity index (χ3n) is 3.63. The molecule has 1 atom stereocenters. The number of aryl methyl sites for hydroxylation is 2. The maximum Gasteiger partial charge on any atom is 0.220 e. The SMILES string of the molecule is O=C(CCc1ccccn1)N[C@@H]1CCc2nccn2C1. The van der Waals surface area contributed by atoms with Crippen LogP contribution in [0, 0.1) is 0 Å². The molecular formula is C15H18N4O. The number of nitrogens with zero attached hydrogens (tertiary/aromatic N) is 3. The van der Waals surface area contributed by atoms with Crippen molar-refractivity contribution < 1.29 is 4.79 Å². The van der Waals surface area contributed by atoms with Crippen LogP contribution in [0.2, 0.25) is 0 Å². The Kier molecular flexibility index (Phi) is 3.76. The maximum absolute atomic E-state index is 12.0. The number of hydrogen-bond donors (Lipinski definition) is 1. The summed E-state index contributed by atoms with van der Waals surface area (Å²) in [5, 5.41) is 3.10. The molecule has 1 aliphatic rings. The van der Waals surface area contributed by atoms with E-state index >= 15 is 0 Å². The summed E-state index contributed by atoms with van der Waals surface area (Å²) in [5.74, 6) is 1.22. The number of fused-ring (bicyclic) bond motifs is 1. The van der Waals surface area contributed by atoms with E-state index in [1.54, 1.807) is 6.20 Å². The molecule has 104 valence electrons. The Hall–Kier alpha value is -2.17. The average Bonchev–Trinajstić information content (AvgIpc) is 2.94. The summed E-state index contributed by atoms with van der Waals surface area (Å²) in [5.41, 5.74) is 0.961. The number of nitrogens with one attached hydrogen (secondary N) is 1. The molecule has 20 heavy (non-hydrogen) atoms. The number of carbonyl (C=O) groups is 1. The van der Waals surface area contributed by atoms with E-state index in [2.05, 4.69) is 19.9 Å². The van der Waals surface area contributed by atoms with E-state index in [4.69, 9.17) is 0 Å². The molecule has 0 saturated heterocycles. The molecule has 5 heteroatoms. The minimum atomic E-state index is 0.101. The standard InChI is InChI=1S/C15H18N4O/c20-15(7-5-12-3-1-2-8-16-12)18-13-4-6-14-17-9-10-19(14)11-13/h1-3,8-10,13H,4-7,11H2,(H,18,20)/t13-/m1/s1. The Morgan fingerprint density at radius 3 is 3.15 bits per heavy atom. The summed E-state index contributed by atoms with van der Waals surface area (Å²) in [7, 11) is 0. The lowest BCUT2D eigenvalue weighted by atomic mass is 10.1. The first-order valence-electron chi connectivity index (χ1n) is 7.00. The first-order valence-corrected chi connectivity index (χ1v) is 7.00. The van der Waals surface area contributed by atoms with E-state index < -0.39 is 0 Å². The highest BCUT2D eigenvalue weighted by Gasteiger charge is 2.20. The first-order chi connectivity index (χ1) is 9.81. The van der Waals surface area contributed by atoms with Crippen LogP contribution in [0.4, 0.5) is 0 Å². The monoisotopic (exact) mass is 270 g/mol. The Morgan fingerprint density at radius 2 is 2.30 bits per heavy atom. The van der Waals surface area contributed by atoms with E-state index in [0.29, 0.717) is 12.8 Å². The third-order valence-corrected chi connectivity index (χ3v) is 3.63. The van der Waals surface area contributed by atoms with Gasteiger partial charge in [0.2, 0.25) is 5.91 Å². The number of hydrogen-bond acceptors (Lipinski definition) is 3. The van der Waals surface area contributed by atoms with Crippen molar-refractivity contribution >= 4 is 5.91 Å². The van der Waals surface area contributed by atoms with Crippen molar-refractivity contribution in [3.05, 3.63) is 48.3 Å². The molecule has 5 nitrogen and oxygen atoms in total. The highest BCUT2D eigenvalue weighted by Crippen LogP contribution is 2.13. The Morgan fingerprint density at radius 1 is 1.35 bits per heavy atom. The van der Waals surface area contributed by atoms with E-state index in [-0.39, 0.29) is 11.9 Å². The molecule has 1 N–H and O–H groups in total. The summed E-state index contributed by atoms with van der Waals surface area (Å²) in [6, 6.07) is 6.00. The number of aromatic nitrogens is 3. The van der Waals surface area contributed by atoms with Crippen molar-refractivity contribution in [1.82, 2.24) is 19.9 Å². The number of carbonyl (C=O) groups excluding carboxylic acids is 1. The zero-order chi connectivity index (χ0) is 13.8. The second-order valence-corrected chi connectivity index (χ2v) is 5.12. The van der Waals surface area contributed by atoms with Crippen molar-refractivity contribution in [2.75, 3.05) is 0 Å². The van der Waals surface area contributed by atoms with Gasteiger partial charge in [0.1, 0.15) is 5.82 Å². The summed E-state index contributed by atoms with van der Waals surface area (Å²) in [6.07, 6.45) is 8.63. The molecule has 0 saturated carbocycles. The van der Waals surface area contributed by atoms with Gasteiger partial charge >= 0.3 is 0 Å². The Balaban J connectivity index is 1.48. The van der Waals surface area contributed by atoms with Crippen LogP contribution in [0.5, 0.6) is 0 Å². The zero-order valence-electron chi connectivity index (χ0n) is 11.3. The van der Waals surface area contributed by atoms with Crippen LogP contribution in [0.1, 0.15) is 24.4 Å². The van der Waals surface area contributed by atoms with Gasteiger partial charge < -0.3 is 9.88 Å². The molecule has 3 rings (SSSR count). The number of rotatable bonds is 4. The van der Waals surface area contributed by atoms with Gasteiger partial charge in [-0.15, -0.1) is 0 Å². The van der Waals surface area contributed by atoms with E-state index in [1.165, 1.54) is 0 Å². The lowest BCUT2D eigenvalue weighted by Gasteiger charge is -2.24. The topological polar surface area (TPSA) is 59.8 Å². The predicted molar refractivity (Wildman–Crippen MR) is 75.0 cm³/mol. The number of amides is 1. The van der Waals surface area contributed by atoms with E-state index in [0.717, 1.165) is 30.9 Å². The lowest BCUT2D eigenvalue weighted by molar-refractivity contribution is -0.122. The highest BCUT2D eigenvalue weighted by molar-refractivity contribution is 5.76. The van der Waals surface area contributed by atoms with Crippen molar-refractivity contribution in [1.29, 1.82) is 0 Å². The molecule has 0 radical (unpaired) electrons. The smallest absolute Gasteiger partial charge is 0.220 e. The summed E-state index contributed by atoms with van der Waals surface area (Å²) in [6.45, 7) is 0.824. The van der Waals surface area contributed by atoms with Gasteiger partial charge in [0.25, 0.3) is 0 Å². The van der Waals surface area contributed by atoms with Crippen LogP contribution in [-0.2, 0) is 24.2 Å². The molecule has 2 aromatic rings. The number of pyridine rings is 1. The maximum atomic E-state index is 12.0. The largest absolute Gasteiger partial charge is 0.352 e. The van der Waals surface area contributed by atoms with E-state index in [1.807, 2.05) is 30.6 Å². The van der Waals surface area contributed by atoms with Gasteiger partial charge in [-0.3, -0.25) is 9.78 Å². The van der Waals surface area contributed by atoms with Crippen molar-refractivity contribution in [2.24, 2.45) is 0 Å². The fourth-order valence-electron chi connectivity index (χ4n) is 2.57. The van der Waals surface area contributed by atoms with Crippen LogP contribution >= 0.6 is 0 Å². The van der Waals surface area contributed by atoms with Gasteiger partial charge in [0.05, 0.1) is 0 Å².